The summed E-state index contributed by atoms with van der Waals surface area (Å²) in [5.41, 5.74) is 0.746. The van der Waals surface area contributed by atoms with E-state index in [0.717, 1.165) is 5.69 Å². The Morgan fingerprint density at radius 1 is 1.23 bits per heavy atom. The van der Waals surface area contributed by atoms with Gasteiger partial charge in [0.05, 0.1) is 13.2 Å². The van der Waals surface area contributed by atoms with Gasteiger partial charge in [-0.1, -0.05) is 12.1 Å². The van der Waals surface area contributed by atoms with Crippen molar-refractivity contribution >= 4 is 17.5 Å². The van der Waals surface area contributed by atoms with Crippen LogP contribution in [0.25, 0.3) is 0 Å². The number of halogens is 1. The molecule has 26 heavy (non-hydrogen) atoms. The summed E-state index contributed by atoms with van der Waals surface area (Å²) in [5, 5.41) is 2.75. The third-order valence-electron chi connectivity index (χ3n) is 4.07. The first-order valence-corrected chi connectivity index (χ1v) is 8.18. The van der Waals surface area contributed by atoms with Crippen molar-refractivity contribution in [3.05, 3.63) is 54.3 Å². The maximum absolute atomic E-state index is 13.5. The number of hydrogen-bond acceptors (Lipinski definition) is 4. The first kappa shape index (κ1) is 17.7. The van der Waals surface area contributed by atoms with Gasteiger partial charge >= 0.3 is 0 Å². The van der Waals surface area contributed by atoms with Gasteiger partial charge in [0.15, 0.2) is 18.2 Å². The van der Waals surface area contributed by atoms with E-state index in [-0.39, 0.29) is 30.7 Å². The van der Waals surface area contributed by atoms with Gasteiger partial charge < -0.3 is 19.7 Å². The number of methoxy groups -OCH3 is 1. The summed E-state index contributed by atoms with van der Waals surface area (Å²) in [6.45, 7) is 0.0603. The van der Waals surface area contributed by atoms with Gasteiger partial charge in [0.25, 0.3) is 5.91 Å². The van der Waals surface area contributed by atoms with Gasteiger partial charge in [-0.05, 0) is 36.4 Å². The summed E-state index contributed by atoms with van der Waals surface area (Å²) in [6.07, 6.45) is 0.206. The molecule has 136 valence electrons. The van der Waals surface area contributed by atoms with E-state index in [1.165, 1.54) is 12.1 Å². The molecule has 1 unspecified atom stereocenters. The molecule has 3 rings (SSSR count). The van der Waals surface area contributed by atoms with Crippen LogP contribution in [0.2, 0.25) is 0 Å². The number of nitrogens with one attached hydrogen (secondary N) is 1. The average molecular weight is 358 g/mol. The molecule has 0 saturated carbocycles. The highest BCUT2D eigenvalue weighted by atomic mass is 19.1. The van der Waals surface area contributed by atoms with Gasteiger partial charge in [0.1, 0.15) is 5.75 Å². The van der Waals surface area contributed by atoms with Crippen molar-refractivity contribution in [3.8, 4) is 11.5 Å². The fourth-order valence-electron chi connectivity index (χ4n) is 2.79. The van der Waals surface area contributed by atoms with Crippen molar-refractivity contribution in [1.82, 2.24) is 5.32 Å². The second-order valence-electron chi connectivity index (χ2n) is 5.89. The van der Waals surface area contributed by atoms with Gasteiger partial charge in [-0.3, -0.25) is 9.59 Å². The third-order valence-corrected chi connectivity index (χ3v) is 4.07. The topological polar surface area (TPSA) is 67.9 Å². The average Bonchev–Trinajstić information content (AvgIpc) is 3.01. The molecule has 0 spiro atoms. The number of amides is 2. The Morgan fingerprint density at radius 2 is 1.96 bits per heavy atom. The van der Waals surface area contributed by atoms with E-state index >= 15 is 0 Å². The number of hydrogen-bond donors (Lipinski definition) is 1. The van der Waals surface area contributed by atoms with E-state index in [1.807, 2.05) is 0 Å². The highest BCUT2D eigenvalue weighted by molar-refractivity contribution is 5.97. The summed E-state index contributed by atoms with van der Waals surface area (Å²) in [6, 6.07) is 12.7. The van der Waals surface area contributed by atoms with E-state index in [9.17, 15) is 14.0 Å². The molecular weight excluding hydrogens is 339 g/mol. The number of ether oxygens (including phenoxy) is 2. The predicted octanol–water partition coefficient (Wildman–Crippen LogP) is 2.13. The van der Waals surface area contributed by atoms with Crippen molar-refractivity contribution in [3.63, 3.8) is 0 Å². The Labute approximate surface area is 150 Å². The molecule has 1 fully saturated rings. The lowest BCUT2D eigenvalue weighted by atomic mass is 10.2. The van der Waals surface area contributed by atoms with Crippen molar-refractivity contribution < 1.29 is 23.5 Å². The molecule has 0 aliphatic carbocycles. The number of carbonyl (C=O) groups excluding carboxylic acids is 2. The second-order valence-corrected chi connectivity index (χ2v) is 5.89. The lowest BCUT2D eigenvalue weighted by Gasteiger charge is -2.17. The molecule has 7 heteroatoms. The molecule has 1 heterocycles. The van der Waals surface area contributed by atoms with Crippen molar-refractivity contribution in [2.75, 3.05) is 25.2 Å². The number of carbonyl (C=O) groups is 2. The molecular formula is C19H19FN2O4. The fraction of sp³-hybridized carbons (Fsp3) is 0.263. The smallest absolute Gasteiger partial charge is 0.258 e. The number of para-hydroxylation sites is 1. The zero-order chi connectivity index (χ0) is 18.5. The highest BCUT2D eigenvalue weighted by Gasteiger charge is 2.31. The lowest BCUT2D eigenvalue weighted by molar-refractivity contribution is -0.123. The van der Waals surface area contributed by atoms with Gasteiger partial charge in [-0.15, -0.1) is 0 Å². The monoisotopic (exact) mass is 358 g/mol. The van der Waals surface area contributed by atoms with Crippen LogP contribution in [0.1, 0.15) is 6.42 Å². The van der Waals surface area contributed by atoms with Gasteiger partial charge in [0, 0.05) is 18.7 Å². The van der Waals surface area contributed by atoms with Crippen LogP contribution >= 0.6 is 0 Å². The molecule has 0 bridgehead atoms. The van der Waals surface area contributed by atoms with Crippen LogP contribution in [-0.2, 0) is 9.59 Å². The molecule has 1 aliphatic heterocycles. The first-order chi connectivity index (χ1) is 12.6. The minimum atomic E-state index is -0.526. The van der Waals surface area contributed by atoms with Crippen LogP contribution in [0.4, 0.5) is 10.1 Å². The summed E-state index contributed by atoms with van der Waals surface area (Å²) in [7, 11) is 1.57. The van der Waals surface area contributed by atoms with Crippen molar-refractivity contribution in [2.45, 2.75) is 12.5 Å². The van der Waals surface area contributed by atoms with E-state index < -0.39 is 11.7 Å². The molecule has 1 N–H and O–H groups in total. The molecule has 1 atom stereocenters. The van der Waals surface area contributed by atoms with Gasteiger partial charge in [-0.25, -0.2) is 4.39 Å². The number of rotatable bonds is 6. The van der Waals surface area contributed by atoms with Crippen LogP contribution in [-0.4, -0.2) is 38.1 Å². The summed E-state index contributed by atoms with van der Waals surface area (Å²) >= 11 is 0. The Balaban J connectivity index is 1.53. The minimum absolute atomic E-state index is 0.0185. The van der Waals surface area contributed by atoms with Gasteiger partial charge in [0.2, 0.25) is 5.91 Å². The molecule has 2 amide bonds. The van der Waals surface area contributed by atoms with Crippen LogP contribution in [0.5, 0.6) is 11.5 Å². The largest absolute Gasteiger partial charge is 0.497 e. The van der Waals surface area contributed by atoms with Gasteiger partial charge in [-0.2, -0.15) is 0 Å². The second kappa shape index (κ2) is 7.86. The maximum Gasteiger partial charge on any atom is 0.258 e. The summed E-state index contributed by atoms with van der Waals surface area (Å²) in [5.74, 6) is -0.277. The molecule has 1 saturated heterocycles. The third kappa shape index (κ3) is 4.11. The molecule has 6 nitrogen and oxygen atoms in total. The Hall–Kier alpha value is -3.09. The summed E-state index contributed by atoms with van der Waals surface area (Å²) in [4.78, 5) is 25.8. The molecule has 0 aromatic heterocycles. The van der Waals surface area contributed by atoms with E-state index in [0.29, 0.717) is 12.3 Å². The minimum Gasteiger partial charge on any atom is -0.497 e. The van der Waals surface area contributed by atoms with E-state index in [2.05, 4.69) is 5.32 Å². The Bertz CT molecular complexity index is 794. The first-order valence-electron chi connectivity index (χ1n) is 8.18. The highest BCUT2D eigenvalue weighted by Crippen LogP contribution is 2.24. The Kier molecular flexibility index (Phi) is 5.36. The zero-order valence-corrected chi connectivity index (χ0v) is 14.3. The number of nitrogens with zero attached hydrogens (tertiary/aromatic N) is 1. The summed E-state index contributed by atoms with van der Waals surface area (Å²) < 4.78 is 23.7. The van der Waals surface area contributed by atoms with Crippen LogP contribution in [0, 0.1) is 5.82 Å². The normalized spacial score (nSPS) is 16.5. The SMILES string of the molecule is COc1ccc(N2CC(NC(=O)COc3ccccc3F)CC2=O)cc1. The standard InChI is InChI=1S/C19H19FN2O4/c1-25-15-8-6-14(7-9-15)22-11-13(10-19(22)24)21-18(23)12-26-17-5-3-2-4-16(17)20/h2-9,13H,10-12H2,1H3,(H,21,23). The molecule has 2 aromatic rings. The van der Waals surface area contributed by atoms with E-state index in [1.54, 1.807) is 48.4 Å². The Morgan fingerprint density at radius 3 is 2.65 bits per heavy atom. The zero-order valence-electron chi connectivity index (χ0n) is 14.3. The lowest BCUT2D eigenvalue weighted by Crippen LogP contribution is -2.39. The van der Waals surface area contributed by atoms with Crippen LogP contribution in [0.15, 0.2) is 48.5 Å². The van der Waals surface area contributed by atoms with E-state index in [4.69, 9.17) is 9.47 Å². The van der Waals surface area contributed by atoms with Crippen molar-refractivity contribution in [2.24, 2.45) is 0 Å². The maximum atomic E-state index is 13.5. The molecule has 2 aromatic carbocycles. The predicted molar refractivity (Wildman–Crippen MR) is 93.8 cm³/mol. The molecule has 1 aliphatic rings. The quantitative estimate of drug-likeness (QED) is 0.859. The fourth-order valence-corrected chi connectivity index (χ4v) is 2.79. The number of anilines is 1. The van der Waals surface area contributed by atoms with Crippen molar-refractivity contribution in [1.29, 1.82) is 0 Å². The number of benzene rings is 2. The van der Waals surface area contributed by atoms with Crippen LogP contribution in [0.3, 0.4) is 0 Å². The van der Waals surface area contributed by atoms with Crippen LogP contribution < -0.4 is 19.7 Å². The molecule has 0 radical (unpaired) electrons.